The number of hydrogen-bond donors (Lipinski definition) is 2. The number of carboxylic acids is 1. The van der Waals surface area contributed by atoms with Crippen LogP contribution >= 0.6 is 0 Å². The molecule has 1 fully saturated rings. The summed E-state index contributed by atoms with van der Waals surface area (Å²) < 4.78 is 26.2. The minimum Gasteiger partial charge on any atom is -0.480 e. The van der Waals surface area contributed by atoms with Crippen molar-refractivity contribution in [2.24, 2.45) is 0 Å². The van der Waals surface area contributed by atoms with Crippen molar-refractivity contribution in [3.05, 3.63) is 35.4 Å². The number of nitrogens with zero attached hydrogens (tertiary/aromatic N) is 1. The molecule has 1 amide bonds. The zero-order chi connectivity index (χ0) is 16.3. The molecule has 22 heavy (non-hydrogen) atoms. The van der Waals surface area contributed by atoms with Crippen molar-refractivity contribution in [1.82, 2.24) is 10.2 Å². The van der Waals surface area contributed by atoms with Gasteiger partial charge < -0.3 is 10.4 Å². The highest BCUT2D eigenvalue weighted by Gasteiger charge is 2.34. The monoisotopic (exact) mass is 312 g/mol. The lowest BCUT2D eigenvalue weighted by Crippen LogP contribution is -2.36. The van der Waals surface area contributed by atoms with Crippen molar-refractivity contribution in [2.45, 2.75) is 31.3 Å². The summed E-state index contributed by atoms with van der Waals surface area (Å²) in [6, 6.07) is 2.44. The number of carbonyl (C=O) groups is 2. The SMILES string of the molecule is CN1C[C@@H](NC(=O)CCc2ccc(F)cc2F)C[C@H]1C(=O)O. The molecule has 1 saturated heterocycles. The molecule has 0 saturated carbocycles. The van der Waals surface area contributed by atoms with E-state index in [1.165, 1.54) is 6.07 Å². The highest BCUT2D eigenvalue weighted by atomic mass is 19.1. The maximum absolute atomic E-state index is 13.5. The van der Waals surface area contributed by atoms with Gasteiger partial charge in [0.05, 0.1) is 0 Å². The topological polar surface area (TPSA) is 69.6 Å². The summed E-state index contributed by atoms with van der Waals surface area (Å²) in [5.41, 5.74) is 0.281. The smallest absolute Gasteiger partial charge is 0.320 e. The Morgan fingerprint density at radius 3 is 2.73 bits per heavy atom. The van der Waals surface area contributed by atoms with Gasteiger partial charge in [-0.2, -0.15) is 0 Å². The van der Waals surface area contributed by atoms with Crippen molar-refractivity contribution >= 4 is 11.9 Å². The number of nitrogens with one attached hydrogen (secondary N) is 1. The molecule has 1 heterocycles. The van der Waals surface area contributed by atoms with Gasteiger partial charge in [-0.15, -0.1) is 0 Å². The summed E-state index contributed by atoms with van der Waals surface area (Å²) in [7, 11) is 1.69. The van der Waals surface area contributed by atoms with Crippen molar-refractivity contribution < 1.29 is 23.5 Å². The van der Waals surface area contributed by atoms with Gasteiger partial charge in [0.25, 0.3) is 0 Å². The fraction of sp³-hybridized carbons (Fsp3) is 0.467. The Morgan fingerprint density at radius 2 is 2.14 bits per heavy atom. The number of halogens is 2. The number of likely N-dealkylation sites (N-methyl/N-ethyl adjacent to an activating group) is 1. The van der Waals surface area contributed by atoms with E-state index in [1.54, 1.807) is 11.9 Å². The first-order chi connectivity index (χ1) is 10.4. The molecule has 2 rings (SSSR count). The average Bonchev–Trinajstić information content (AvgIpc) is 2.78. The van der Waals surface area contributed by atoms with Crippen LogP contribution in [0, 0.1) is 11.6 Å². The van der Waals surface area contributed by atoms with Crippen molar-refractivity contribution in [1.29, 1.82) is 0 Å². The van der Waals surface area contributed by atoms with E-state index in [4.69, 9.17) is 5.11 Å². The normalized spacial score (nSPS) is 21.8. The summed E-state index contributed by atoms with van der Waals surface area (Å²) in [5.74, 6) is -2.50. The van der Waals surface area contributed by atoms with Crippen LogP contribution in [0.3, 0.4) is 0 Å². The molecule has 2 N–H and O–H groups in total. The minimum atomic E-state index is -0.910. The van der Waals surface area contributed by atoms with Gasteiger partial charge in [0.2, 0.25) is 5.91 Å². The Morgan fingerprint density at radius 1 is 1.41 bits per heavy atom. The van der Waals surface area contributed by atoms with Crippen LogP contribution in [0.2, 0.25) is 0 Å². The molecule has 0 bridgehead atoms. The molecule has 7 heteroatoms. The van der Waals surface area contributed by atoms with Gasteiger partial charge in [-0.05, 0) is 31.5 Å². The first-order valence-electron chi connectivity index (χ1n) is 7.03. The predicted molar refractivity (Wildman–Crippen MR) is 75.3 cm³/mol. The van der Waals surface area contributed by atoms with E-state index in [1.807, 2.05) is 0 Å². The predicted octanol–water partition coefficient (Wildman–Crippen LogP) is 1.17. The van der Waals surface area contributed by atoms with Crippen LogP contribution < -0.4 is 5.32 Å². The fourth-order valence-electron chi connectivity index (χ4n) is 2.67. The molecule has 0 unspecified atom stereocenters. The molecule has 5 nitrogen and oxygen atoms in total. The number of amides is 1. The van der Waals surface area contributed by atoms with Crippen LogP contribution in [-0.2, 0) is 16.0 Å². The highest BCUT2D eigenvalue weighted by molar-refractivity contribution is 5.77. The minimum absolute atomic E-state index is 0.0699. The zero-order valence-electron chi connectivity index (χ0n) is 12.2. The number of carboxylic acid groups (broad SMARTS) is 1. The summed E-state index contributed by atoms with van der Waals surface area (Å²) in [6.07, 6.45) is 0.589. The number of aliphatic carboxylic acids is 1. The Kier molecular flexibility index (Phi) is 5.07. The first-order valence-corrected chi connectivity index (χ1v) is 7.03. The lowest BCUT2D eigenvalue weighted by atomic mass is 10.1. The van der Waals surface area contributed by atoms with E-state index in [-0.39, 0.29) is 30.4 Å². The van der Waals surface area contributed by atoms with E-state index in [0.717, 1.165) is 12.1 Å². The second-order valence-corrected chi connectivity index (χ2v) is 5.53. The molecule has 1 aliphatic rings. The van der Waals surface area contributed by atoms with Crippen LogP contribution in [0.4, 0.5) is 8.78 Å². The molecule has 0 aromatic heterocycles. The van der Waals surface area contributed by atoms with Gasteiger partial charge in [0.15, 0.2) is 0 Å². The van der Waals surface area contributed by atoms with E-state index in [0.29, 0.717) is 13.0 Å². The number of hydrogen-bond acceptors (Lipinski definition) is 3. The van der Waals surface area contributed by atoms with E-state index in [2.05, 4.69) is 5.32 Å². The van der Waals surface area contributed by atoms with Gasteiger partial charge in [0, 0.05) is 25.1 Å². The lowest BCUT2D eigenvalue weighted by Gasteiger charge is -2.13. The summed E-state index contributed by atoms with van der Waals surface area (Å²) in [5, 5.41) is 11.8. The largest absolute Gasteiger partial charge is 0.480 e. The van der Waals surface area contributed by atoms with Crippen LogP contribution in [-0.4, -0.2) is 47.6 Å². The Hall–Kier alpha value is -2.02. The van der Waals surface area contributed by atoms with E-state index >= 15 is 0 Å². The van der Waals surface area contributed by atoms with Crippen molar-refractivity contribution in [3.63, 3.8) is 0 Å². The Balaban J connectivity index is 1.82. The van der Waals surface area contributed by atoms with Gasteiger partial charge in [-0.3, -0.25) is 14.5 Å². The van der Waals surface area contributed by atoms with Crippen LogP contribution in [0.5, 0.6) is 0 Å². The van der Waals surface area contributed by atoms with Gasteiger partial charge in [-0.1, -0.05) is 6.07 Å². The zero-order valence-corrected chi connectivity index (χ0v) is 12.2. The molecule has 120 valence electrons. The standard InChI is InChI=1S/C15H18F2N2O3/c1-19-8-11(7-13(19)15(21)22)18-14(20)5-3-9-2-4-10(16)6-12(9)17/h2,4,6,11,13H,3,5,7-8H2,1H3,(H,18,20)(H,21,22)/t11-,13-/m0/s1. The molecule has 0 radical (unpaired) electrons. The van der Waals surface area contributed by atoms with Gasteiger partial charge in [-0.25, -0.2) is 8.78 Å². The fourth-order valence-corrected chi connectivity index (χ4v) is 2.67. The number of rotatable bonds is 5. The van der Waals surface area contributed by atoms with Gasteiger partial charge >= 0.3 is 5.97 Å². The maximum Gasteiger partial charge on any atom is 0.320 e. The van der Waals surface area contributed by atoms with E-state index in [9.17, 15) is 18.4 Å². The molecular formula is C15H18F2N2O3. The average molecular weight is 312 g/mol. The number of carbonyl (C=O) groups excluding carboxylic acids is 1. The highest BCUT2D eigenvalue weighted by Crippen LogP contribution is 2.16. The van der Waals surface area contributed by atoms with Crippen molar-refractivity contribution in [3.8, 4) is 0 Å². The second-order valence-electron chi connectivity index (χ2n) is 5.53. The third-order valence-corrected chi connectivity index (χ3v) is 3.83. The number of benzene rings is 1. The summed E-state index contributed by atoms with van der Waals surface area (Å²) in [6.45, 7) is 0.466. The third-order valence-electron chi connectivity index (χ3n) is 3.83. The first kappa shape index (κ1) is 16.4. The molecule has 2 atom stereocenters. The second kappa shape index (κ2) is 6.83. The number of likely N-dealkylation sites (tertiary alicyclic amines) is 1. The molecular weight excluding hydrogens is 294 g/mol. The van der Waals surface area contributed by atoms with Crippen LogP contribution in [0.15, 0.2) is 18.2 Å². The molecule has 1 aromatic carbocycles. The molecule has 0 aliphatic carbocycles. The summed E-state index contributed by atoms with van der Waals surface area (Å²) in [4.78, 5) is 24.5. The molecule has 1 aliphatic heterocycles. The number of aryl methyl sites for hydroxylation is 1. The Bertz CT molecular complexity index is 580. The van der Waals surface area contributed by atoms with Gasteiger partial charge in [0.1, 0.15) is 17.7 Å². The lowest BCUT2D eigenvalue weighted by molar-refractivity contribution is -0.141. The molecule has 1 aromatic rings. The summed E-state index contributed by atoms with van der Waals surface area (Å²) >= 11 is 0. The van der Waals surface area contributed by atoms with Crippen molar-refractivity contribution in [2.75, 3.05) is 13.6 Å². The van der Waals surface area contributed by atoms with E-state index < -0.39 is 23.6 Å². The Labute approximate surface area is 126 Å². The third kappa shape index (κ3) is 4.00. The van der Waals surface area contributed by atoms with Crippen LogP contribution in [0.25, 0.3) is 0 Å². The molecule has 0 spiro atoms. The quantitative estimate of drug-likeness (QED) is 0.856. The maximum atomic E-state index is 13.5. The van der Waals surface area contributed by atoms with Crippen LogP contribution in [0.1, 0.15) is 18.4 Å².